The quantitative estimate of drug-likeness (QED) is 0.730. The number of hydrogen-bond donors (Lipinski definition) is 2. The van der Waals surface area contributed by atoms with Gasteiger partial charge in [0.1, 0.15) is 5.38 Å². The molecule has 7 nitrogen and oxygen atoms in total. The molecule has 82 valence electrons. The van der Waals surface area contributed by atoms with Gasteiger partial charge in [-0.25, -0.2) is 4.79 Å². The molecule has 0 bridgehead atoms. The van der Waals surface area contributed by atoms with Crippen LogP contribution in [0.15, 0.2) is 4.52 Å². The Morgan fingerprint density at radius 2 is 2.20 bits per heavy atom. The van der Waals surface area contributed by atoms with E-state index in [1.165, 1.54) is 6.92 Å². The highest BCUT2D eigenvalue weighted by atomic mass is 35.5. The highest BCUT2D eigenvalue weighted by Gasteiger charge is 2.14. The molecule has 0 aromatic carbocycles. The summed E-state index contributed by atoms with van der Waals surface area (Å²) in [4.78, 5) is 25.8. The first-order chi connectivity index (χ1) is 6.99. The van der Waals surface area contributed by atoms with Gasteiger partial charge in [0.15, 0.2) is 5.82 Å². The standard InChI is InChI=1S/C7H9ClN4O3/c1-3(8)5(13)10-6(14)11-7-9-4(2)12-15-7/h3H,1-2H3,(H2,9,10,11,12,13,14). The number of imide groups is 1. The minimum Gasteiger partial charge on any atom is -0.315 e. The smallest absolute Gasteiger partial charge is 0.315 e. The van der Waals surface area contributed by atoms with Gasteiger partial charge in [-0.1, -0.05) is 5.16 Å². The lowest BCUT2D eigenvalue weighted by Gasteiger charge is -2.03. The fraction of sp³-hybridized carbons (Fsp3) is 0.429. The molecule has 15 heavy (non-hydrogen) atoms. The lowest BCUT2D eigenvalue weighted by atomic mass is 10.4. The van der Waals surface area contributed by atoms with Crippen LogP contribution in [0, 0.1) is 6.92 Å². The Morgan fingerprint density at radius 3 is 2.67 bits per heavy atom. The van der Waals surface area contributed by atoms with Gasteiger partial charge in [-0.3, -0.25) is 15.4 Å². The average molecular weight is 233 g/mol. The molecule has 0 saturated carbocycles. The van der Waals surface area contributed by atoms with Crippen molar-refractivity contribution < 1.29 is 14.1 Å². The first-order valence-corrected chi connectivity index (χ1v) is 4.49. The highest BCUT2D eigenvalue weighted by molar-refractivity contribution is 6.31. The van der Waals surface area contributed by atoms with E-state index in [0.717, 1.165) is 0 Å². The summed E-state index contributed by atoms with van der Waals surface area (Å²) in [6.45, 7) is 3.04. The second-order valence-electron chi connectivity index (χ2n) is 2.71. The van der Waals surface area contributed by atoms with Gasteiger partial charge in [-0.05, 0) is 13.8 Å². The Bertz CT molecular complexity index is 376. The molecule has 0 fully saturated rings. The van der Waals surface area contributed by atoms with Gasteiger partial charge in [-0.2, -0.15) is 4.98 Å². The van der Waals surface area contributed by atoms with E-state index in [-0.39, 0.29) is 6.01 Å². The number of rotatable bonds is 2. The van der Waals surface area contributed by atoms with Gasteiger partial charge in [0.25, 0.3) is 0 Å². The summed E-state index contributed by atoms with van der Waals surface area (Å²) >= 11 is 5.44. The molecule has 1 aromatic rings. The molecule has 0 spiro atoms. The maximum atomic E-state index is 11.1. The number of nitrogens with zero attached hydrogens (tertiary/aromatic N) is 2. The second-order valence-corrected chi connectivity index (χ2v) is 3.36. The SMILES string of the molecule is Cc1noc(NC(=O)NC(=O)C(C)Cl)n1. The second kappa shape index (κ2) is 4.74. The summed E-state index contributed by atoms with van der Waals surface area (Å²) < 4.78 is 4.60. The summed E-state index contributed by atoms with van der Waals surface area (Å²) in [5, 5.41) is 6.82. The third kappa shape index (κ3) is 3.55. The molecule has 0 aliphatic heterocycles. The van der Waals surface area contributed by atoms with Crippen LogP contribution < -0.4 is 10.6 Å². The fourth-order valence-electron chi connectivity index (χ4n) is 0.688. The van der Waals surface area contributed by atoms with Crippen molar-refractivity contribution in [2.45, 2.75) is 19.2 Å². The van der Waals surface area contributed by atoms with Gasteiger partial charge in [0.2, 0.25) is 5.91 Å². The molecule has 1 unspecified atom stereocenters. The number of aromatic nitrogens is 2. The van der Waals surface area contributed by atoms with Gasteiger partial charge < -0.3 is 4.52 Å². The average Bonchev–Trinajstić information content (AvgIpc) is 2.50. The number of amides is 3. The molecule has 0 aliphatic carbocycles. The first-order valence-electron chi connectivity index (χ1n) is 4.05. The Hall–Kier alpha value is -1.63. The summed E-state index contributed by atoms with van der Waals surface area (Å²) in [6.07, 6.45) is 0. The van der Waals surface area contributed by atoms with Crippen molar-refractivity contribution in [2.75, 3.05) is 5.32 Å². The zero-order valence-corrected chi connectivity index (χ0v) is 8.83. The molecule has 1 atom stereocenters. The van der Waals surface area contributed by atoms with Gasteiger partial charge in [0, 0.05) is 0 Å². The minimum atomic E-state index is -0.792. The monoisotopic (exact) mass is 232 g/mol. The van der Waals surface area contributed by atoms with E-state index < -0.39 is 17.3 Å². The molecule has 1 heterocycles. The van der Waals surface area contributed by atoms with Gasteiger partial charge in [-0.15, -0.1) is 11.6 Å². The molecule has 0 saturated heterocycles. The molecule has 8 heteroatoms. The van der Waals surface area contributed by atoms with Crippen LogP contribution in [0.1, 0.15) is 12.7 Å². The van der Waals surface area contributed by atoms with Crippen LogP contribution in [0.5, 0.6) is 0 Å². The van der Waals surface area contributed by atoms with Gasteiger partial charge >= 0.3 is 12.0 Å². The maximum Gasteiger partial charge on any atom is 0.329 e. The number of anilines is 1. The van der Waals surface area contributed by atoms with Crippen molar-refractivity contribution >= 4 is 29.6 Å². The first kappa shape index (κ1) is 11.4. The van der Waals surface area contributed by atoms with E-state index >= 15 is 0 Å². The Morgan fingerprint density at radius 1 is 1.53 bits per heavy atom. The minimum absolute atomic E-state index is 0.0833. The van der Waals surface area contributed by atoms with Crippen LogP contribution in [0.25, 0.3) is 0 Å². The van der Waals surface area contributed by atoms with E-state index in [9.17, 15) is 9.59 Å². The summed E-state index contributed by atoms with van der Waals surface area (Å²) in [7, 11) is 0. The lowest BCUT2D eigenvalue weighted by molar-refractivity contribution is -0.119. The zero-order chi connectivity index (χ0) is 11.4. The van der Waals surface area contributed by atoms with E-state index in [4.69, 9.17) is 11.6 Å². The third-order valence-corrected chi connectivity index (χ3v) is 1.54. The summed E-state index contributed by atoms with van der Waals surface area (Å²) in [5.74, 6) is -0.229. The lowest BCUT2D eigenvalue weighted by Crippen LogP contribution is -2.38. The van der Waals surface area contributed by atoms with Crippen LogP contribution in [-0.2, 0) is 4.79 Å². The molecule has 1 aromatic heterocycles. The number of alkyl halides is 1. The van der Waals surface area contributed by atoms with Crippen molar-refractivity contribution in [3.05, 3.63) is 5.82 Å². The van der Waals surface area contributed by atoms with Crippen LogP contribution in [-0.4, -0.2) is 27.5 Å². The highest BCUT2D eigenvalue weighted by Crippen LogP contribution is 2.01. The normalized spacial score (nSPS) is 11.9. The predicted molar refractivity (Wildman–Crippen MR) is 51.5 cm³/mol. The van der Waals surface area contributed by atoms with E-state index in [1.807, 2.05) is 5.32 Å². The van der Waals surface area contributed by atoms with Crippen molar-refractivity contribution in [1.82, 2.24) is 15.5 Å². The van der Waals surface area contributed by atoms with Crippen molar-refractivity contribution in [2.24, 2.45) is 0 Å². The van der Waals surface area contributed by atoms with E-state index in [2.05, 4.69) is 20.0 Å². The molecule has 1 rings (SSSR count). The Labute approximate surface area is 90.2 Å². The third-order valence-electron chi connectivity index (χ3n) is 1.35. The number of carbonyl (C=O) groups excluding carboxylic acids is 2. The number of nitrogens with one attached hydrogen (secondary N) is 2. The van der Waals surface area contributed by atoms with Gasteiger partial charge in [0.05, 0.1) is 0 Å². The maximum absolute atomic E-state index is 11.1. The molecule has 2 N–H and O–H groups in total. The molecular weight excluding hydrogens is 224 g/mol. The van der Waals surface area contributed by atoms with Crippen LogP contribution in [0.4, 0.5) is 10.8 Å². The van der Waals surface area contributed by atoms with Crippen LogP contribution in [0.2, 0.25) is 0 Å². The number of hydrogen-bond acceptors (Lipinski definition) is 5. The van der Waals surface area contributed by atoms with Crippen molar-refractivity contribution in [3.63, 3.8) is 0 Å². The van der Waals surface area contributed by atoms with Crippen LogP contribution in [0.3, 0.4) is 0 Å². The molecule has 0 radical (unpaired) electrons. The largest absolute Gasteiger partial charge is 0.329 e. The van der Waals surface area contributed by atoms with E-state index in [0.29, 0.717) is 5.82 Å². The zero-order valence-electron chi connectivity index (χ0n) is 8.07. The van der Waals surface area contributed by atoms with Crippen molar-refractivity contribution in [1.29, 1.82) is 0 Å². The molecule has 0 aliphatic rings. The number of urea groups is 1. The fourth-order valence-corrected chi connectivity index (χ4v) is 0.742. The number of halogens is 1. The number of aryl methyl sites for hydroxylation is 1. The topological polar surface area (TPSA) is 97.1 Å². The summed E-state index contributed by atoms with van der Waals surface area (Å²) in [6, 6.07) is -0.851. The molecular formula is C7H9ClN4O3. The summed E-state index contributed by atoms with van der Waals surface area (Å²) in [5.41, 5.74) is 0. The number of carbonyl (C=O) groups is 2. The Balaban J connectivity index is 2.46. The van der Waals surface area contributed by atoms with Crippen molar-refractivity contribution in [3.8, 4) is 0 Å². The van der Waals surface area contributed by atoms with E-state index in [1.54, 1.807) is 6.92 Å². The van der Waals surface area contributed by atoms with Crippen LogP contribution >= 0.6 is 11.6 Å². The predicted octanol–water partition coefficient (Wildman–Crippen LogP) is 0.653. The molecule has 3 amide bonds. The Kier molecular flexibility index (Phi) is 3.62.